The molecule has 3 aromatic rings. The number of fused-ring (bicyclic) bond motifs is 1. The summed E-state index contributed by atoms with van der Waals surface area (Å²) in [5, 5.41) is 5.01. The van der Waals surface area contributed by atoms with Crippen molar-refractivity contribution in [3.8, 4) is 11.5 Å². The van der Waals surface area contributed by atoms with Crippen LogP contribution in [0.15, 0.2) is 60.7 Å². The number of para-hydroxylation sites is 2. The average molecular weight is 350 g/mol. The van der Waals surface area contributed by atoms with Crippen LogP contribution in [0.4, 0.5) is 11.4 Å². The minimum Gasteiger partial charge on any atom is -0.493 e. The Morgan fingerprint density at radius 2 is 1.58 bits per heavy atom. The number of methoxy groups -OCH3 is 1. The molecule has 0 spiro atoms. The van der Waals surface area contributed by atoms with Crippen LogP contribution >= 0.6 is 0 Å². The summed E-state index contributed by atoms with van der Waals surface area (Å²) in [5.41, 5.74) is 1.86. The fourth-order valence-corrected chi connectivity index (χ4v) is 2.85. The van der Waals surface area contributed by atoms with Crippen LogP contribution in [-0.2, 0) is 4.79 Å². The van der Waals surface area contributed by atoms with Crippen molar-refractivity contribution in [2.45, 2.75) is 0 Å². The Labute approximate surface area is 153 Å². The summed E-state index contributed by atoms with van der Waals surface area (Å²) in [7, 11) is 5.57. The van der Waals surface area contributed by atoms with Crippen LogP contribution in [0.1, 0.15) is 0 Å². The van der Waals surface area contributed by atoms with Gasteiger partial charge in [0, 0.05) is 36.2 Å². The molecule has 5 nitrogen and oxygen atoms in total. The third-order valence-electron chi connectivity index (χ3n) is 4.08. The number of hydrogen-bond donors (Lipinski definition) is 1. The standard InChI is InChI=1S/C21H22N2O3/c1-23(2)18-13-12-17(15-8-4-5-9-16(15)18)22-21(24)14-26-20-11-7-6-10-19(20)25-3/h4-13H,14H2,1-3H3,(H,22,24). The Morgan fingerprint density at radius 3 is 2.27 bits per heavy atom. The van der Waals surface area contributed by atoms with Gasteiger partial charge in [0.1, 0.15) is 0 Å². The van der Waals surface area contributed by atoms with Crippen LogP contribution < -0.4 is 19.7 Å². The summed E-state index contributed by atoms with van der Waals surface area (Å²) in [5.74, 6) is 0.915. The van der Waals surface area contributed by atoms with Gasteiger partial charge in [0.05, 0.1) is 7.11 Å². The van der Waals surface area contributed by atoms with Gasteiger partial charge >= 0.3 is 0 Å². The van der Waals surface area contributed by atoms with E-state index in [-0.39, 0.29) is 12.5 Å². The lowest BCUT2D eigenvalue weighted by atomic mass is 10.1. The Balaban J connectivity index is 1.77. The summed E-state index contributed by atoms with van der Waals surface area (Å²) in [4.78, 5) is 14.4. The van der Waals surface area contributed by atoms with E-state index in [1.165, 1.54) is 0 Å². The molecule has 0 aliphatic heterocycles. The molecule has 0 saturated heterocycles. The van der Waals surface area contributed by atoms with Crippen molar-refractivity contribution in [3.05, 3.63) is 60.7 Å². The number of nitrogens with zero attached hydrogens (tertiary/aromatic N) is 1. The first-order valence-electron chi connectivity index (χ1n) is 8.35. The van der Waals surface area contributed by atoms with Crippen LogP contribution in [0.3, 0.4) is 0 Å². The van der Waals surface area contributed by atoms with Crippen molar-refractivity contribution in [2.75, 3.05) is 38.0 Å². The number of nitrogens with one attached hydrogen (secondary N) is 1. The third-order valence-corrected chi connectivity index (χ3v) is 4.08. The lowest BCUT2D eigenvalue weighted by Crippen LogP contribution is -2.20. The summed E-state index contributed by atoms with van der Waals surface area (Å²) in [6, 6.07) is 19.2. The van der Waals surface area contributed by atoms with Gasteiger partial charge in [0.25, 0.3) is 5.91 Å². The molecule has 0 heterocycles. The molecule has 0 aliphatic carbocycles. The SMILES string of the molecule is COc1ccccc1OCC(=O)Nc1ccc(N(C)C)c2ccccc12. The molecule has 0 unspecified atom stereocenters. The molecule has 1 N–H and O–H groups in total. The number of ether oxygens (including phenoxy) is 2. The monoisotopic (exact) mass is 350 g/mol. The zero-order valence-corrected chi connectivity index (χ0v) is 15.2. The van der Waals surface area contributed by atoms with Crippen LogP contribution in [0.2, 0.25) is 0 Å². The first-order chi connectivity index (χ1) is 12.6. The predicted molar refractivity (Wildman–Crippen MR) is 105 cm³/mol. The highest BCUT2D eigenvalue weighted by molar-refractivity contribution is 6.07. The number of carbonyl (C=O) groups is 1. The van der Waals surface area contributed by atoms with Crippen molar-refractivity contribution < 1.29 is 14.3 Å². The summed E-state index contributed by atoms with van der Waals surface area (Å²) < 4.78 is 10.8. The van der Waals surface area contributed by atoms with Gasteiger partial charge in [-0.3, -0.25) is 4.79 Å². The Kier molecular flexibility index (Phi) is 5.27. The zero-order chi connectivity index (χ0) is 18.5. The van der Waals surface area contributed by atoms with Crippen molar-refractivity contribution >= 4 is 28.1 Å². The van der Waals surface area contributed by atoms with Crippen molar-refractivity contribution in [1.82, 2.24) is 0 Å². The van der Waals surface area contributed by atoms with E-state index in [1.807, 2.05) is 62.6 Å². The number of hydrogen-bond acceptors (Lipinski definition) is 4. The van der Waals surface area contributed by atoms with Crippen LogP contribution in [0.5, 0.6) is 11.5 Å². The number of rotatable bonds is 6. The molecule has 3 aromatic carbocycles. The van der Waals surface area contributed by atoms with Gasteiger partial charge < -0.3 is 19.7 Å². The van der Waals surface area contributed by atoms with E-state index in [4.69, 9.17) is 9.47 Å². The molecule has 0 aliphatic rings. The molecule has 0 atom stereocenters. The van der Waals surface area contributed by atoms with E-state index in [2.05, 4.69) is 10.2 Å². The molecule has 0 aromatic heterocycles. The molecule has 5 heteroatoms. The number of benzene rings is 3. The van der Waals surface area contributed by atoms with Crippen LogP contribution in [0.25, 0.3) is 10.8 Å². The van der Waals surface area contributed by atoms with Gasteiger partial charge in [-0.25, -0.2) is 0 Å². The van der Waals surface area contributed by atoms with Gasteiger partial charge in [-0.1, -0.05) is 36.4 Å². The predicted octanol–water partition coefficient (Wildman–Crippen LogP) is 3.93. The van der Waals surface area contributed by atoms with Gasteiger partial charge in [-0.15, -0.1) is 0 Å². The smallest absolute Gasteiger partial charge is 0.262 e. The minimum absolute atomic E-state index is 0.0931. The van der Waals surface area contributed by atoms with E-state index in [9.17, 15) is 4.79 Å². The zero-order valence-electron chi connectivity index (χ0n) is 15.2. The van der Waals surface area contributed by atoms with Crippen molar-refractivity contribution in [1.29, 1.82) is 0 Å². The molecule has 0 bridgehead atoms. The molecular weight excluding hydrogens is 328 g/mol. The number of carbonyl (C=O) groups excluding carboxylic acids is 1. The third kappa shape index (κ3) is 3.72. The maximum absolute atomic E-state index is 12.4. The van der Waals surface area contributed by atoms with E-state index < -0.39 is 0 Å². The van der Waals surface area contributed by atoms with Crippen LogP contribution in [-0.4, -0.2) is 33.7 Å². The first kappa shape index (κ1) is 17.6. The van der Waals surface area contributed by atoms with Gasteiger partial charge in [-0.2, -0.15) is 0 Å². The largest absolute Gasteiger partial charge is 0.493 e. The molecule has 26 heavy (non-hydrogen) atoms. The van der Waals surface area contributed by atoms with Gasteiger partial charge in [0.2, 0.25) is 0 Å². The second kappa shape index (κ2) is 7.78. The average Bonchev–Trinajstić information content (AvgIpc) is 2.66. The van der Waals surface area contributed by atoms with E-state index in [0.717, 1.165) is 22.1 Å². The maximum Gasteiger partial charge on any atom is 0.262 e. The second-order valence-corrected chi connectivity index (χ2v) is 6.06. The summed E-state index contributed by atoms with van der Waals surface area (Å²) in [6.07, 6.45) is 0. The summed E-state index contributed by atoms with van der Waals surface area (Å²) >= 11 is 0. The topological polar surface area (TPSA) is 50.8 Å². The van der Waals surface area contributed by atoms with Crippen molar-refractivity contribution in [3.63, 3.8) is 0 Å². The molecule has 0 fully saturated rings. The lowest BCUT2D eigenvalue weighted by Gasteiger charge is -2.18. The highest BCUT2D eigenvalue weighted by atomic mass is 16.5. The normalized spacial score (nSPS) is 10.4. The van der Waals surface area contributed by atoms with Gasteiger partial charge in [0.15, 0.2) is 18.1 Å². The molecule has 3 rings (SSSR count). The number of anilines is 2. The highest BCUT2D eigenvalue weighted by Crippen LogP contribution is 2.31. The molecule has 134 valence electrons. The minimum atomic E-state index is -0.223. The fraction of sp³-hybridized carbons (Fsp3) is 0.190. The first-order valence-corrected chi connectivity index (χ1v) is 8.35. The molecule has 0 radical (unpaired) electrons. The van der Waals surface area contributed by atoms with Crippen LogP contribution in [0, 0.1) is 0 Å². The molecular formula is C21H22N2O3. The maximum atomic E-state index is 12.4. The highest BCUT2D eigenvalue weighted by Gasteiger charge is 2.11. The second-order valence-electron chi connectivity index (χ2n) is 6.06. The van der Waals surface area contributed by atoms with E-state index >= 15 is 0 Å². The Bertz CT molecular complexity index is 922. The Hall–Kier alpha value is -3.21. The lowest BCUT2D eigenvalue weighted by molar-refractivity contribution is -0.118. The number of amides is 1. The quantitative estimate of drug-likeness (QED) is 0.732. The molecule has 1 amide bonds. The summed E-state index contributed by atoms with van der Waals surface area (Å²) in [6.45, 7) is -0.0931. The van der Waals surface area contributed by atoms with E-state index in [0.29, 0.717) is 11.5 Å². The van der Waals surface area contributed by atoms with Crippen molar-refractivity contribution in [2.24, 2.45) is 0 Å². The van der Waals surface area contributed by atoms with E-state index in [1.54, 1.807) is 19.2 Å². The van der Waals surface area contributed by atoms with Gasteiger partial charge in [-0.05, 0) is 24.3 Å². The molecule has 0 saturated carbocycles. The fourth-order valence-electron chi connectivity index (χ4n) is 2.85. The Morgan fingerprint density at radius 1 is 0.923 bits per heavy atom.